The van der Waals surface area contributed by atoms with Gasteiger partial charge < -0.3 is 10.4 Å². The number of carbonyl (C=O) groups excluding carboxylic acids is 1. The minimum atomic E-state index is -0.464. The summed E-state index contributed by atoms with van der Waals surface area (Å²) in [6.45, 7) is -0.0395. The molecule has 1 amide bonds. The molecule has 106 valence electrons. The minimum Gasteiger partial charge on any atom is -0.395 e. The Morgan fingerprint density at radius 3 is 3.05 bits per heavy atom. The molecular formula is C15H16FNO2S. The average Bonchev–Trinajstić information content (AvgIpc) is 2.95. The third kappa shape index (κ3) is 3.99. The number of rotatable bonds is 3. The van der Waals surface area contributed by atoms with Crippen molar-refractivity contribution in [2.24, 2.45) is 5.92 Å². The van der Waals surface area contributed by atoms with Gasteiger partial charge in [0.15, 0.2) is 0 Å². The maximum atomic E-state index is 13.8. The van der Waals surface area contributed by atoms with Crippen LogP contribution in [0.2, 0.25) is 0 Å². The van der Waals surface area contributed by atoms with E-state index in [2.05, 4.69) is 17.2 Å². The van der Waals surface area contributed by atoms with E-state index in [0.29, 0.717) is 12.1 Å². The summed E-state index contributed by atoms with van der Waals surface area (Å²) in [4.78, 5) is 11.9. The second-order valence-corrected chi connectivity index (χ2v) is 5.67. The van der Waals surface area contributed by atoms with Gasteiger partial charge in [0.05, 0.1) is 12.2 Å². The summed E-state index contributed by atoms with van der Waals surface area (Å²) >= 11 is 1.76. The highest BCUT2D eigenvalue weighted by molar-refractivity contribution is 7.99. The molecule has 1 saturated heterocycles. The van der Waals surface area contributed by atoms with Crippen LogP contribution in [0, 0.1) is 23.6 Å². The Morgan fingerprint density at radius 1 is 1.55 bits per heavy atom. The van der Waals surface area contributed by atoms with Crippen LogP contribution in [0.3, 0.4) is 0 Å². The van der Waals surface area contributed by atoms with Gasteiger partial charge in [-0.1, -0.05) is 11.8 Å². The fourth-order valence-corrected chi connectivity index (χ4v) is 3.11. The van der Waals surface area contributed by atoms with E-state index in [1.165, 1.54) is 6.07 Å². The molecule has 0 saturated carbocycles. The van der Waals surface area contributed by atoms with E-state index >= 15 is 0 Å². The van der Waals surface area contributed by atoms with E-state index < -0.39 is 5.82 Å². The summed E-state index contributed by atoms with van der Waals surface area (Å²) in [7, 11) is 0. The molecule has 2 N–H and O–H groups in total. The van der Waals surface area contributed by atoms with Gasteiger partial charge in [0.2, 0.25) is 5.91 Å². The number of thioether (sulfide) groups is 1. The molecule has 1 unspecified atom stereocenters. The number of aliphatic hydroxyl groups excluding tert-OH is 1. The lowest BCUT2D eigenvalue weighted by Crippen LogP contribution is -2.22. The smallest absolute Gasteiger partial charge is 0.228 e. The van der Waals surface area contributed by atoms with Crippen LogP contribution >= 0.6 is 11.8 Å². The number of hydrogen-bond acceptors (Lipinski definition) is 3. The van der Waals surface area contributed by atoms with Gasteiger partial charge in [-0.15, -0.1) is 0 Å². The molecule has 1 atom stereocenters. The highest BCUT2D eigenvalue weighted by Gasteiger charge is 2.23. The van der Waals surface area contributed by atoms with Gasteiger partial charge in [0.1, 0.15) is 5.82 Å². The van der Waals surface area contributed by atoms with Crippen LogP contribution in [0.15, 0.2) is 18.2 Å². The predicted octanol–water partition coefficient (Wildman–Crippen LogP) is 2.25. The van der Waals surface area contributed by atoms with Crippen molar-refractivity contribution < 1.29 is 14.3 Å². The third-order valence-electron chi connectivity index (χ3n) is 3.00. The second kappa shape index (κ2) is 7.32. The van der Waals surface area contributed by atoms with Crippen molar-refractivity contribution in [2.45, 2.75) is 12.8 Å². The van der Waals surface area contributed by atoms with Crippen LogP contribution in [0.25, 0.3) is 0 Å². The zero-order valence-corrected chi connectivity index (χ0v) is 11.8. The molecule has 1 heterocycles. The Morgan fingerprint density at radius 2 is 2.40 bits per heavy atom. The fourth-order valence-electron chi connectivity index (χ4n) is 1.89. The first-order chi connectivity index (χ1) is 9.70. The normalized spacial score (nSPS) is 17.4. The SMILES string of the molecule is O=C(Nc1ccc(C#CCCO)c(F)c1)C1CCSC1. The molecule has 1 aromatic rings. The third-order valence-corrected chi connectivity index (χ3v) is 4.16. The number of nitrogens with one attached hydrogen (secondary N) is 1. The maximum Gasteiger partial charge on any atom is 0.228 e. The second-order valence-electron chi connectivity index (χ2n) is 4.52. The van der Waals surface area contributed by atoms with Crippen LogP contribution in [0.4, 0.5) is 10.1 Å². The first kappa shape index (κ1) is 14.9. The van der Waals surface area contributed by atoms with Gasteiger partial charge in [-0.05, 0) is 30.4 Å². The molecule has 5 heteroatoms. The van der Waals surface area contributed by atoms with Crippen molar-refractivity contribution in [3.8, 4) is 11.8 Å². The summed E-state index contributed by atoms with van der Waals surface area (Å²) in [6, 6.07) is 4.47. The van der Waals surface area contributed by atoms with Gasteiger partial charge in [0, 0.05) is 23.8 Å². The maximum absolute atomic E-state index is 13.8. The van der Waals surface area contributed by atoms with E-state index in [0.717, 1.165) is 17.9 Å². The molecule has 3 nitrogen and oxygen atoms in total. The standard InChI is InChI=1S/C15H16FNO2S/c16-14-9-13(5-4-11(14)3-1-2-7-18)17-15(19)12-6-8-20-10-12/h4-5,9,12,18H,2,6-8,10H2,(H,17,19). The molecule has 1 aliphatic rings. The Labute approximate surface area is 122 Å². The van der Waals surface area contributed by atoms with E-state index in [4.69, 9.17) is 5.11 Å². The van der Waals surface area contributed by atoms with E-state index in [1.807, 2.05) is 0 Å². The van der Waals surface area contributed by atoms with E-state index in [1.54, 1.807) is 23.9 Å². The van der Waals surface area contributed by atoms with Crippen molar-refractivity contribution in [1.82, 2.24) is 0 Å². The molecular weight excluding hydrogens is 277 g/mol. The van der Waals surface area contributed by atoms with Gasteiger partial charge in [-0.2, -0.15) is 11.8 Å². The first-order valence-electron chi connectivity index (χ1n) is 6.48. The first-order valence-corrected chi connectivity index (χ1v) is 7.64. The fraction of sp³-hybridized carbons (Fsp3) is 0.400. The number of amides is 1. The van der Waals surface area contributed by atoms with Crippen molar-refractivity contribution in [2.75, 3.05) is 23.4 Å². The molecule has 0 radical (unpaired) electrons. The molecule has 0 bridgehead atoms. The van der Waals surface area contributed by atoms with Crippen molar-refractivity contribution >= 4 is 23.4 Å². The molecule has 1 aromatic carbocycles. The average molecular weight is 293 g/mol. The van der Waals surface area contributed by atoms with Crippen LogP contribution in [-0.4, -0.2) is 29.1 Å². The van der Waals surface area contributed by atoms with Crippen LogP contribution in [0.5, 0.6) is 0 Å². The summed E-state index contributed by atoms with van der Waals surface area (Å²) in [6.07, 6.45) is 1.20. The van der Waals surface area contributed by atoms with Gasteiger partial charge in [-0.25, -0.2) is 4.39 Å². The highest BCUT2D eigenvalue weighted by Crippen LogP contribution is 2.25. The Kier molecular flexibility index (Phi) is 5.45. The molecule has 0 spiro atoms. The lowest BCUT2D eigenvalue weighted by atomic mass is 10.1. The number of carbonyl (C=O) groups is 1. The number of anilines is 1. The minimum absolute atomic E-state index is 0.0204. The Hall–Kier alpha value is -1.51. The zero-order valence-electron chi connectivity index (χ0n) is 11.0. The number of benzene rings is 1. The number of hydrogen-bond donors (Lipinski definition) is 2. The number of halogens is 1. The largest absolute Gasteiger partial charge is 0.395 e. The predicted molar refractivity (Wildman–Crippen MR) is 79.0 cm³/mol. The quantitative estimate of drug-likeness (QED) is 0.840. The zero-order chi connectivity index (χ0) is 14.4. The molecule has 0 aromatic heterocycles. The molecule has 20 heavy (non-hydrogen) atoms. The topological polar surface area (TPSA) is 49.3 Å². The van der Waals surface area contributed by atoms with Crippen LogP contribution in [0.1, 0.15) is 18.4 Å². The summed E-state index contributed by atoms with van der Waals surface area (Å²) in [5, 5.41) is 11.4. The Bertz CT molecular complexity index is 545. The lowest BCUT2D eigenvalue weighted by molar-refractivity contribution is -0.119. The van der Waals surface area contributed by atoms with E-state index in [-0.39, 0.29) is 24.0 Å². The molecule has 0 aliphatic carbocycles. The summed E-state index contributed by atoms with van der Waals surface area (Å²) < 4.78 is 13.8. The van der Waals surface area contributed by atoms with Gasteiger partial charge >= 0.3 is 0 Å². The molecule has 2 rings (SSSR count). The monoisotopic (exact) mass is 293 g/mol. The summed E-state index contributed by atoms with van der Waals surface area (Å²) in [5.41, 5.74) is 0.727. The summed E-state index contributed by atoms with van der Waals surface area (Å²) in [5.74, 6) is 6.66. The highest BCUT2D eigenvalue weighted by atomic mass is 32.2. The van der Waals surface area contributed by atoms with Crippen LogP contribution < -0.4 is 5.32 Å². The van der Waals surface area contributed by atoms with Crippen molar-refractivity contribution in [3.05, 3.63) is 29.6 Å². The number of aliphatic hydroxyl groups is 1. The van der Waals surface area contributed by atoms with Crippen molar-refractivity contribution in [1.29, 1.82) is 0 Å². The Balaban J connectivity index is 2.01. The van der Waals surface area contributed by atoms with Gasteiger partial charge in [0.25, 0.3) is 0 Å². The van der Waals surface area contributed by atoms with Crippen LogP contribution in [-0.2, 0) is 4.79 Å². The van der Waals surface area contributed by atoms with E-state index in [9.17, 15) is 9.18 Å². The van der Waals surface area contributed by atoms with Crippen molar-refractivity contribution in [3.63, 3.8) is 0 Å². The lowest BCUT2D eigenvalue weighted by Gasteiger charge is -2.10. The molecule has 1 fully saturated rings. The van der Waals surface area contributed by atoms with Gasteiger partial charge in [-0.3, -0.25) is 4.79 Å². The molecule has 1 aliphatic heterocycles.